The summed E-state index contributed by atoms with van der Waals surface area (Å²) in [6.45, 7) is 2.20. The average Bonchev–Trinajstić information content (AvgIpc) is 2.03. The fraction of sp³-hybridized carbons (Fsp3) is 1.00. The van der Waals surface area contributed by atoms with Crippen molar-refractivity contribution in [3.8, 4) is 0 Å². The van der Waals surface area contributed by atoms with Gasteiger partial charge in [-0.05, 0) is 6.42 Å². The smallest absolute Gasteiger partial charge is 0.307 e. The third-order valence-corrected chi connectivity index (χ3v) is 4.62. The van der Waals surface area contributed by atoms with Gasteiger partial charge in [0.25, 0.3) is 0 Å². The van der Waals surface area contributed by atoms with Crippen LogP contribution in [0.3, 0.4) is 0 Å². The van der Waals surface area contributed by atoms with Gasteiger partial charge in [-0.25, -0.2) is 0 Å². The largest absolute Gasteiger partial charge is 0.365 e. The lowest BCUT2D eigenvalue weighted by atomic mass is 10.4. The SMILES string of the molecule is CCCCOP(=O)(OC(Cl)Cl)C(Cl)Cl. The Bertz CT molecular complexity index is 200. The van der Waals surface area contributed by atoms with Gasteiger partial charge in [0.15, 0.2) is 0 Å². The van der Waals surface area contributed by atoms with E-state index < -0.39 is 17.2 Å². The van der Waals surface area contributed by atoms with Crippen LogP contribution in [-0.2, 0) is 13.6 Å². The van der Waals surface area contributed by atoms with Crippen LogP contribution in [0.4, 0.5) is 0 Å². The van der Waals surface area contributed by atoms with E-state index in [0.717, 1.165) is 12.8 Å². The summed E-state index contributed by atoms with van der Waals surface area (Å²) in [5.41, 5.74) is 0. The van der Waals surface area contributed by atoms with Crippen LogP contribution in [0.2, 0.25) is 0 Å². The van der Waals surface area contributed by atoms with E-state index in [2.05, 4.69) is 4.52 Å². The second-order valence-corrected chi connectivity index (χ2v) is 7.16. The van der Waals surface area contributed by atoms with Crippen LogP contribution in [0.1, 0.15) is 19.8 Å². The molecule has 0 heterocycles. The van der Waals surface area contributed by atoms with Crippen LogP contribution in [0, 0.1) is 0 Å². The molecule has 0 aliphatic rings. The summed E-state index contributed by atoms with van der Waals surface area (Å²) in [5, 5.41) is -1.28. The molecule has 1 atom stereocenters. The van der Waals surface area contributed by atoms with Gasteiger partial charge in [0, 0.05) is 0 Å². The number of halogens is 4. The van der Waals surface area contributed by atoms with Crippen molar-refractivity contribution in [2.45, 2.75) is 29.4 Å². The van der Waals surface area contributed by atoms with E-state index in [1.807, 2.05) is 6.92 Å². The molecule has 0 spiro atoms. The molecule has 0 aliphatic carbocycles. The Hall–Kier alpha value is 1.31. The van der Waals surface area contributed by atoms with Crippen molar-refractivity contribution in [2.24, 2.45) is 0 Å². The van der Waals surface area contributed by atoms with Crippen LogP contribution >= 0.6 is 54.0 Å². The van der Waals surface area contributed by atoms with E-state index in [1.54, 1.807) is 0 Å². The topological polar surface area (TPSA) is 35.5 Å². The van der Waals surface area contributed by atoms with Crippen LogP contribution in [0.5, 0.6) is 0 Å². The van der Waals surface area contributed by atoms with Crippen molar-refractivity contribution in [3.63, 3.8) is 0 Å². The molecule has 0 radical (unpaired) electrons. The molecule has 8 heteroatoms. The number of hydrogen-bond acceptors (Lipinski definition) is 3. The van der Waals surface area contributed by atoms with Gasteiger partial charge in [-0.1, -0.05) is 59.7 Å². The minimum Gasteiger partial charge on any atom is -0.307 e. The molecule has 0 amide bonds. The van der Waals surface area contributed by atoms with E-state index in [9.17, 15) is 4.57 Å². The van der Waals surface area contributed by atoms with Crippen molar-refractivity contribution in [3.05, 3.63) is 0 Å². The first-order valence-electron chi connectivity index (χ1n) is 3.91. The molecule has 0 aromatic heterocycles. The molecule has 0 aromatic carbocycles. The van der Waals surface area contributed by atoms with Crippen LogP contribution in [0.25, 0.3) is 0 Å². The molecule has 0 aliphatic heterocycles. The Morgan fingerprint density at radius 1 is 1.29 bits per heavy atom. The highest BCUT2D eigenvalue weighted by Crippen LogP contribution is 2.58. The van der Waals surface area contributed by atoms with Crippen molar-refractivity contribution in [2.75, 3.05) is 6.61 Å². The molecule has 14 heavy (non-hydrogen) atoms. The highest BCUT2D eigenvalue weighted by atomic mass is 35.5. The molecule has 0 aromatic rings. The monoisotopic (exact) mass is 302 g/mol. The van der Waals surface area contributed by atoms with Crippen molar-refractivity contribution in [1.82, 2.24) is 0 Å². The first-order chi connectivity index (χ1) is 6.42. The number of rotatable bonds is 7. The van der Waals surface area contributed by atoms with Gasteiger partial charge >= 0.3 is 7.60 Å². The maximum atomic E-state index is 11.7. The zero-order valence-electron chi connectivity index (χ0n) is 7.46. The highest BCUT2D eigenvalue weighted by molar-refractivity contribution is 7.58. The molecule has 86 valence electrons. The van der Waals surface area contributed by atoms with E-state index in [-0.39, 0.29) is 6.61 Å². The van der Waals surface area contributed by atoms with Gasteiger partial charge in [0.1, 0.15) is 0 Å². The van der Waals surface area contributed by atoms with Gasteiger partial charge in [0.05, 0.1) is 6.61 Å². The fourth-order valence-corrected chi connectivity index (χ4v) is 2.73. The zero-order valence-corrected chi connectivity index (χ0v) is 11.4. The minimum absolute atomic E-state index is 0.240. The molecule has 0 N–H and O–H groups in total. The Morgan fingerprint density at radius 2 is 1.86 bits per heavy atom. The van der Waals surface area contributed by atoms with E-state index in [0.29, 0.717) is 0 Å². The molecule has 0 saturated heterocycles. The van der Waals surface area contributed by atoms with Gasteiger partial charge in [-0.15, -0.1) is 0 Å². The summed E-state index contributed by atoms with van der Waals surface area (Å²) in [6, 6.07) is 0. The molecule has 0 fully saturated rings. The second kappa shape index (κ2) is 7.56. The third kappa shape index (κ3) is 6.02. The molecule has 0 saturated carbocycles. The molecule has 0 rings (SSSR count). The van der Waals surface area contributed by atoms with E-state index >= 15 is 0 Å². The lowest BCUT2D eigenvalue weighted by molar-refractivity contribution is 0.214. The van der Waals surface area contributed by atoms with Crippen LogP contribution in [0.15, 0.2) is 0 Å². The van der Waals surface area contributed by atoms with Gasteiger partial charge in [-0.3, -0.25) is 9.09 Å². The predicted molar refractivity (Wildman–Crippen MR) is 60.5 cm³/mol. The normalized spacial score (nSPS) is 16.2. The molecule has 0 bridgehead atoms. The Balaban J connectivity index is 4.18. The number of hydrogen-bond donors (Lipinski definition) is 0. The molecule has 3 nitrogen and oxygen atoms in total. The van der Waals surface area contributed by atoms with Crippen molar-refractivity contribution in [1.29, 1.82) is 0 Å². The van der Waals surface area contributed by atoms with E-state index in [1.165, 1.54) is 0 Å². The summed E-state index contributed by atoms with van der Waals surface area (Å²) >= 11 is 21.5. The second-order valence-electron chi connectivity index (χ2n) is 2.37. The summed E-state index contributed by atoms with van der Waals surface area (Å²) in [4.78, 5) is 0. The number of alkyl halides is 4. The predicted octanol–water partition coefficient (Wildman–Crippen LogP) is 4.54. The van der Waals surface area contributed by atoms with Crippen molar-refractivity contribution < 1.29 is 13.6 Å². The zero-order chi connectivity index (χ0) is 11.2. The maximum Gasteiger partial charge on any atom is 0.365 e. The Labute approximate surface area is 103 Å². The first-order valence-corrected chi connectivity index (χ1v) is 7.27. The van der Waals surface area contributed by atoms with Gasteiger partial charge in [0.2, 0.25) is 9.60 Å². The summed E-state index contributed by atoms with van der Waals surface area (Å²) in [5.74, 6) is 0. The molecular formula is C6H11Cl4O3P. The summed E-state index contributed by atoms with van der Waals surface area (Å²) in [7, 11) is -3.61. The molecular weight excluding hydrogens is 293 g/mol. The highest BCUT2D eigenvalue weighted by Gasteiger charge is 2.35. The Morgan fingerprint density at radius 3 is 2.21 bits per heavy atom. The van der Waals surface area contributed by atoms with Crippen molar-refractivity contribution >= 4 is 54.0 Å². The third-order valence-electron chi connectivity index (χ3n) is 1.23. The quantitative estimate of drug-likeness (QED) is 0.393. The fourth-order valence-electron chi connectivity index (χ4n) is 0.580. The average molecular weight is 304 g/mol. The van der Waals surface area contributed by atoms with Crippen LogP contribution in [-0.4, -0.2) is 16.2 Å². The first kappa shape index (κ1) is 15.3. The standard InChI is InChI=1S/C6H11Cl4O3P/c1-2-3-4-12-14(11,6(9)10)13-5(7)8/h5-6H,2-4H2,1H3. The summed E-state index contributed by atoms with van der Waals surface area (Å²) in [6.07, 6.45) is 1.61. The maximum absolute atomic E-state index is 11.7. The summed E-state index contributed by atoms with van der Waals surface area (Å²) < 4.78 is 20.0. The lowest BCUT2D eigenvalue weighted by Crippen LogP contribution is -2.05. The minimum atomic E-state index is -3.61. The number of unbranched alkanes of at least 4 members (excludes halogenated alkanes) is 1. The van der Waals surface area contributed by atoms with Crippen LogP contribution < -0.4 is 0 Å². The lowest BCUT2D eigenvalue weighted by Gasteiger charge is -2.19. The van der Waals surface area contributed by atoms with Gasteiger partial charge in [-0.2, -0.15) is 0 Å². The molecule has 1 unspecified atom stereocenters. The Kier molecular flexibility index (Phi) is 8.27. The van der Waals surface area contributed by atoms with Gasteiger partial charge < -0.3 is 4.52 Å². The van der Waals surface area contributed by atoms with E-state index in [4.69, 9.17) is 50.9 Å².